The third-order valence-electron chi connectivity index (χ3n) is 4.12. The van der Waals surface area contributed by atoms with Gasteiger partial charge in [-0.25, -0.2) is 0 Å². The highest BCUT2D eigenvalue weighted by molar-refractivity contribution is 6.04. The summed E-state index contributed by atoms with van der Waals surface area (Å²) in [6, 6.07) is 15.1. The molecular formula is C20H21N3O3. The van der Waals surface area contributed by atoms with Gasteiger partial charge in [-0.3, -0.25) is 9.48 Å². The van der Waals surface area contributed by atoms with Gasteiger partial charge in [0.2, 0.25) is 0 Å². The summed E-state index contributed by atoms with van der Waals surface area (Å²) in [7, 11) is 4.94. The Hall–Kier alpha value is -3.28. The second-order valence-corrected chi connectivity index (χ2v) is 5.92. The van der Waals surface area contributed by atoms with Crippen LogP contribution in [-0.4, -0.2) is 29.9 Å². The first-order chi connectivity index (χ1) is 12.5. The summed E-state index contributed by atoms with van der Waals surface area (Å²) >= 11 is 0. The topological polar surface area (TPSA) is 65.4 Å². The number of hydrogen-bond donors (Lipinski definition) is 1. The molecule has 1 N–H and O–H groups in total. The maximum Gasteiger partial charge on any atom is 0.276 e. The van der Waals surface area contributed by atoms with Crippen LogP contribution in [0.2, 0.25) is 0 Å². The van der Waals surface area contributed by atoms with Crippen LogP contribution in [0.15, 0.2) is 48.5 Å². The van der Waals surface area contributed by atoms with Crippen molar-refractivity contribution < 1.29 is 14.3 Å². The molecule has 134 valence electrons. The molecule has 0 bridgehead atoms. The number of nitrogens with zero attached hydrogens (tertiary/aromatic N) is 2. The molecule has 2 aromatic carbocycles. The Morgan fingerprint density at radius 3 is 2.42 bits per heavy atom. The molecule has 3 aromatic rings. The first-order valence-electron chi connectivity index (χ1n) is 8.16. The molecule has 0 unspecified atom stereocenters. The molecule has 0 aliphatic carbocycles. The van der Waals surface area contributed by atoms with Crippen LogP contribution >= 0.6 is 0 Å². The van der Waals surface area contributed by atoms with Gasteiger partial charge in [-0.2, -0.15) is 5.10 Å². The van der Waals surface area contributed by atoms with E-state index in [1.165, 1.54) is 5.56 Å². The van der Waals surface area contributed by atoms with E-state index >= 15 is 0 Å². The van der Waals surface area contributed by atoms with Gasteiger partial charge in [0, 0.05) is 13.1 Å². The molecule has 1 aromatic heterocycles. The SMILES string of the molecule is COc1ccc(NC(=O)c2cc(-c3ccc(C)cc3)n(C)n2)c(OC)c1. The maximum atomic E-state index is 12.6. The van der Waals surface area contributed by atoms with E-state index in [0.717, 1.165) is 11.3 Å². The van der Waals surface area contributed by atoms with Crippen LogP contribution in [0.5, 0.6) is 11.5 Å². The highest BCUT2D eigenvalue weighted by Crippen LogP contribution is 2.29. The monoisotopic (exact) mass is 351 g/mol. The third kappa shape index (κ3) is 3.54. The van der Waals surface area contributed by atoms with Gasteiger partial charge in [0.05, 0.1) is 25.6 Å². The molecule has 6 nitrogen and oxygen atoms in total. The van der Waals surface area contributed by atoms with E-state index in [9.17, 15) is 4.79 Å². The van der Waals surface area contributed by atoms with Gasteiger partial charge in [-0.05, 0) is 30.7 Å². The van der Waals surface area contributed by atoms with Crippen molar-refractivity contribution >= 4 is 11.6 Å². The minimum atomic E-state index is -0.303. The molecule has 0 spiro atoms. The van der Waals surface area contributed by atoms with E-state index in [1.807, 2.05) is 38.2 Å². The fourth-order valence-electron chi connectivity index (χ4n) is 2.66. The zero-order valence-corrected chi connectivity index (χ0v) is 15.2. The van der Waals surface area contributed by atoms with Crippen LogP contribution in [0, 0.1) is 6.92 Å². The number of amides is 1. The molecule has 0 aliphatic rings. The summed E-state index contributed by atoms with van der Waals surface area (Å²) in [5, 5.41) is 7.17. The molecule has 3 rings (SSSR count). The molecule has 0 aliphatic heterocycles. The van der Waals surface area contributed by atoms with Crippen molar-refractivity contribution in [3.05, 3.63) is 59.8 Å². The lowest BCUT2D eigenvalue weighted by Gasteiger charge is -2.10. The normalized spacial score (nSPS) is 10.5. The highest BCUT2D eigenvalue weighted by Gasteiger charge is 2.16. The first kappa shape index (κ1) is 17.5. The number of nitrogens with one attached hydrogen (secondary N) is 1. The average molecular weight is 351 g/mol. The number of carbonyl (C=O) groups excluding carboxylic acids is 1. The van der Waals surface area contributed by atoms with Crippen molar-refractivity contribution in [3.8, 4) is 22.8 Å². The van der Waals surface area contributed by atoms with Crippen LogP contribution < -0.4 is 14.8 Å². The average Bonchev–Trinajstić information content (AvgIpc) is 3.04. The minimum Gasteiger partial charge on any atom is -0.497 e. The lowest BCUT2D eigenvalue weighted by molar-refractivity contribution is 0.102. The van der Waals surface area contributed by atoms with Gasteiger partial charge in [0.15, 0.2) is 5.69 Å². The van der Waals surface area contributed by atoms with E-state index in [0.29, 0.717) is 22.9 Å². The predicted octanol–water partition coefficient (Wildman–Crippen LogP) is 3.67. The second-order valence-electron chi connectivity index (χ2n) is 5.92. The van der Waals surface area contributed by atoms with Gasteiger partial charge in [-0.15, -0.1) is 0 Å². The lowest BCUT2D eigenvalue weighted by Crippen LogP contribution is -2.13. The molecule has 0 atom stereocenters. The van der Waals surface area contributed by atoms with Crippen LogP contribution in [0.25, 0.3) is 11.3 Å². The number of benzene rings is 2. The number of rotatable bonds is 5. The number of methoxy groups -OCH3 is 2. The Kier molecular flexibility index (Phi) is 4.93. The molecule has 1 heterocycles. The Balaban J connectivity index is 1.85. The summed E-state index contributed by atoms with van der Waals surface area (Å²) < 4.78 is 12.2. The van der Waals surface area contributed by atoms with Crippen molar-refractivity contribution in [1.29, 1.82) is 0 Å². The molecule has 0 fully saturated rings. The van der Waals surface area contributed by atoms with E-state index in [1.54, 1.807) is 43.2 Å². The summed E-state index contributed by atoms with van der Waals surface area (Å²) in [4.78, 5) is 12.6. The van der Waals surface area contributed by atoms with Gasteiger partial charge < -0.3 is 14.8 Å². The molecule has 0 saturated carbocycles. The van der Waals surface area contributed by atoms with Crippen LogP contribution in [0.4, 0.5) is 5.69 Å². The zero-order valence-electron chi connectivity index (χ0n) is 15.2. The van der Waals surface area contributed by atoms with Crippen LogP contribution in [0.3, 0.4) is 0 Å². The molecular weight excluding hydrogens is 330 g/mol. The summed E-state index contributed by atoms with van der Waals surface area (Å²) in [6.07, 6.45) is 0. The fraction of sp³-hybridized carbons (Fsp3) is 0.200. The summed E-state index contributed by atoms with van der Waals surface area (Å²) in [6.45, 7) is 2.04. The number of hydrogen-bond acceptors (Lipinski definition) is 4. The smallest absolute Gasteiger partial charge is 0.276 e. The number of aryl methyl sites for hydroxylation is 2. The summed E-state index contributed by atoms with van der Waals surface area (Å²) in [5.74, 6) is 0.870. The Labute approximate surface area is 152 Å². The van der Waals surface area contributed by atoms with Gasteiger partial charge >= 0.3 is 0 Å². The molecule has 6 heteroatoms. The van der Waals surface area contributed by atoms with Crippen molar-refractivity contribution in [2.24, 2.45) is 7.05 Å². The minimum absolute atomic E-state index is 0.303. The van der Waals surface area contributed by atoms with Gasteiger partial charge in [-0.1, -0.05) is 29.8 Å². The zero-order chi connectivity index (χ0) is 18.7. The number of ether oxygens (including phenoxy) is 2. The Morgan fingerprint density at radius 2 is 1.77 bits per heavy atom. The van der Waals surface area contributed by atoms with Crippen LogP contribution in [0.1, 0.15) is 16.1 Å². The fourth-order valence-corrected chi connectivity index (χ4v) is 2.66. The van der Waals surface area contributed by atoms with E-state index in [2.05, 4.69) is 10.4 Å². The van der Waals surface area contributed by atoms with Gasteiger partial charge in [0.25, 0.3) is 5.91 Å². The molecule has 0 saturated heterocycles. The van der Waals surface area contributed by atoms with Crippen molar-refractivity contribution in [2.45, 2.75) is 6.92 Å². The predicted molar refractivity (Wildman–Crippen MR) is 101 cm³/mol. The van der Waals surface area contributed by atoms with Gasteiger partial charge in [0.1, 0.15) is 11.5 Å². The van der Waals surface area contributed by atoms with E-state index in [-0.39, 0.29) is 5.91 Å². The first-order valence-corrected chi connectivity index (χ1v) is 8.16. The van der Waals surface area contributed by atoms with Crippen molar-refractivity contribution in [2.75, 3.05) is 19.5 Å². The third-order valence-corrected chi connectivity index (χ3v) is 4.12. The highest BCUT2D eigenvalue weighted by atomic mass is 16.5. The van der Waals surface area contributed by atoms with E-state index in [4.69, 9.17) is 9.47 Å². The van der Waals surface area contributed by atoms with E-state index < -0.39 is 0 Å². The maximum absolute atomic E-state index is 12.6. The molecule has 26 heavy (non-hydrogen) atoms. The Morgan fingerprint density at radius 1 is 1.04 bits per heavy atom. The Bertz CT molecular complexity index is 930. The number of aromatic nitrogens is 2. The van der Waals surface area contributed by atoms with Crippen molar-refractivity contribution in [3.63, 3.8) is 0 Å². The quantitative estimate of drug-likeness (QED) is 0.762. The van der Waals surface area contributed by atoms with Crippen molar-refractivity contribution in [1.82, 2.24) is 9.78 Å². The number of anilines is 1. The number of carbonyl (C=O) groups is 1. The second kappa shape index (κ2) is 7.31. The lowest BCUT2D eigenvalue weighted by atomic mass is 10.1. The molecule has 1 amide bonds. The molecule has 0 radical (unpaired) electrons. The summed E-state index contributed by atoms with van der Waals surface area (Å²) in [5.41, 5.74) is 3.95. The standard InChI is InChI=1S/C20H21N3O3/c1-13-5-7-14(8-6-13)18-12-17(22-23(18)2)20(24)21-16-10-9-15(25-3)11-19(16)26-4/h5-12H,1-4H3,(H,21,24). The largest absolute Gasteiger partial charge is 0.497 e. The van der Waals surface area contributed by atoms with Crippen LogP contribution in [-0.2, 0) is 7.05 Å².